The summed E-state index contributed by atoms with van der Waals surface area (Å²) in [6.07, 6.45) is 14.3. The van der Waals surface area contributed by atoms with Gasteiger partial charge < -0.3 is 4.79 Å². The lowest BCUT2D eigenvalue weighted by atomic mass is 9.46. The van der Waals surface area contributed by atoms with E-state index < -0.39 is 0 Å². The van der Waals surface area contributed by atoms with Crippen LogP contribution in [-0.2, 0) is 4.79 Å². The normalized spacial score (nSPS) is 49.6. The second kappa shape index (κ2) is 4.83. The van der Waals surface area contributed by atoms with Crippen LogP contribution in [-0.4, -0.2) is 6.29 Å². The highest BCUT2D eigenvalue weighted by molar-refractivity contribution is 5.60. The van der Waals surface area contributed by atoms with E-state index in [1.807, 2.05) is 0 Å². The van der Waals surface area contributed by atoms with Crippen molar-refractivity contribution < 1.29 is 4.79 Å². The average Bonchev–Trinajstić information content (AvgIpc) is 2.46. The molecule has 3 aliphatic rings. The van der Waals surface area contributed by atoms with Crippen LogP contribution >= 0.6 is 0 Å². The molecule has 1 heteroatoms. The molecule has 21 heavy (non-hydrogen) atoms. The number of allylic oxidation sites excluding steroid dienone is 3. The summed E-state index contributed by atoms with van der Waals surface area (Å²) in [6.45, 7) is 11.1. The molecule has 2 fully saturated rings. The number of hydrogen-bond donors (Lipinski definition) is 0. The molecule has 0 aromatic rings. The molecular weight excluding hydrogens is 256 g/mol. The molecule has 0 aromatic heterocycles. The Balaban J connectivity index is 1.96. The molecule has 0 saturated heterocycles. The van der Waals surface area contributed by atoms with Gasteiger partial charge in [0.15, 0.2) is 0 Å². The Bertz CT molecular complexity index is 490. The van der Waals surface area contributed by atoms with E-state index in [0.717, 1.165) is 12.8 Å². The summed E-state index contributed by atoms with van der Waals surface area (Å²) >= 11 is 0. The fourth-order valence-corrected chi connectivity index (χ4v) is 5.80. The van der Waals surface area contributed by atoms with E-state index in [4.69, 9.17) is 0 Å². The molecule has 116 valence electrons. The summed E-state index contributed by atoms with van der Waals surface area (Å²) < 4.78 is 0. The van der Waals surface area contributed by atoms with Gasteiger partial charge in [-0.3, -0.25) is 0 Å². The predicted molar refractivity (Wildman–Crippen MR) is 88.0 cm³/mol. The quantitative estimate of drug-likeness (QED) is 0.496. The lowest BCUT2D eigenvalue weighted by molar-refractivity contribution is -0.129. The molecule has 0 spiro atoms. The van der Waals surface area contributed by atoms with Crippen LogP contribution in [0.15, 0.2) is 24.3 Å². The van der Waals surface area contributed by atoms with Crippen molar-refractivity contribution in [2.75, 3.05) is 0 Å². The second-order valence-electron chi connectivity index (χ2n) is 8.68. The van der Waals surface area contributed by atoms with Crippen molar-refractivity contribution >= 4 is 6.29 Å². The summed E-state index contributed by atoms with van der Waals surface area (Å²) in [7, 11) is 0. The van der Waals surface area contributed by atoms with E-state index in [1.165, 1.54) is 38.4 Å². The van der Waals surface area contributed by atoms with Crippen LogP contribution in [0.25, 0.3) is 0 Å². The number of hydrogen-bond acceptors (Lipinski definition) is 1. The topological polar surface area (TPSA) is 17.1 Å². The van der Waals surface area contributed by atoms with Crippen LogP contribution in [0, 0.1) is 28.1 Å². The van der Waals surface area contributed by atoms with Gasteiger partial charge in [-0.05, 0) is 61.2 Å². The Morgan fingerprint density at radius 1 is 1.24 bits per heavy atom. The minimum Gasteiger partial charge on any atom is -0.303 e. The Hall–Kier alpha value is -0.850. The van der Waals surface area contributed by atoms with Gasteiger partial charge in [0.05, 0.1) is 0 Å². The fourth-order valence-electron chi connectivity index (χ4n) is 5.80. The van der Waals surface area contributed by atoms with Gasteiger partial charge in [-0.15, -0.1) is 6.58 Å². The maximum Gasteiger partial charge on any atom is 0.126 e. The Morgan fingerprint density at radius 2 is 2.00 bits per heavy atom. The van der Waals surface area contributed by atoms with Gasteiger partial charge in [-0.25, -0.2) is 0 Å². The summed E-state index contributed by atoms with van der Waals surface area (Å²) in [4.78, 5) is 11.8. The molecule has 0 aliphatic heterocycles. The van der Waals surface area contributed by atoms with Gasteiger partial charge in [0.25, 0.3) is 0 Å². The molecule has 3 rings (SSSR count). The summed E-state index contributed by atoms with van der Waals surface area (Å²) in [5.74, 6) is 1.24. The van der Waals surface area contributed by atoms with Crippen molar-refractivity contribution in [3.05, 3.63) is 24.3 Å². The lowest BCUT2D eigenvalue weighted by Gasteiger charge is -2.58. The number of rotatable bonds is 2. The molecule has 5 atom stereocenters. The minimum atomic E-state index is -0.103. The highest BCUT2D eigenvalue weighted by atomic mass is 16.1. The van der Waals surface area contributed by atoms with E-state index in [9.17, 15) is 4.79 Å². The molecule has 0 bridgehead atoms. The zero-order valence-corrected chi connectivity index (χ0v) is 14.0. The first-order chi connectivity index (χ1) is 9.87. The average molecular weight is 286 g/mol. The molecule has 0 N–H and O–H groups in total. The summed E-state index contributed by atoms with van der Waals surface area (Å²) in [6, 6.07) is 0. The van der Waals surface area contributed by atoms with E-state index in [1.54, 1.807) is 5.57 Å². The fraction of sp³-hybridized carbons (Fsp3) is 0.750. The molecule has 0 aromatic carbocycles. The van der Waals surface area contributed by atoms with Crippen LogP contribution in [0.4, 0.5) is 0 Å². The van der Waals surface area contributed by atoms with Gasteiger partial charge in [-0.2, -0.15) is 0 Å². The van der Waals surface area contributed by atoms with Crippen molar-refractivity contribution in [2.24, 2.45) is 28.1 Å². The molecular formula is C20H30O. The predicted octanol–water partition coefficient (Wildman–Crippen LogP) is 5.32. The number of carbonyl (C=O) groups excluding carboxylic acids is 1. The Morgan fingerprint density at radius 3 is 2.67 bits per heavy atom. The van der Waals surface area contributed by atoms with E-state index >= 15 is 0 Å². The van der Waals surface area contributed by atoms with Gasteiger partial charge >= 0.3 is 0 Å². The largest absolute Gasteiger partial charge is 0.303 e. The van der Waals surface area contributed by atoms with Gasteiger partial charge in [0.1, 0.15) is 6.29 Å². The number of aldehydes is 1. The highest BCUT2D eigenvalue weighted by Gasteiger charge is 2.55. The first-order valence-electron chi connectivity index (χ1n) is 8.66. The maximum atomic E-state index is 11.8. The van der Waals surface area contributed by atoms with Gasteiger partial charge in [0, 0.05) is 5.41 Å². The van der Waals surface area contributed by atoms with Crippen molar-refractivity contribution in [1.29, 1.82) is 0 Å². The minimum absolute atomic E-state index is 0.103. The van der Waals surface area contributed by atoms with Crippen molar-refractivity contribution in [1.82, 2.24) is 0 Å². The van der Waals surface area contributed by atoms with Crippen molar-refractivity contribution in [3.63, 3.8) is 0 Å². The number of fused-ring (bicyclic) bond motifs is 3. The standard InChI is InChI=1S/C20H30O/c1-5-18(2)12-9-16-15(13-18)7-8-17-19(3,14-21)10-6-11-20(16,17)4/h5,7,14,16-17H,1,6,8-13H2,2-4H3/t16-,17-,18-,19-,20+/m0/s1. The second-order valence-corrected chi connectivity index (χ2v) is 8.68. The van der Waals surface area contributed by atoms with Crippen LogP contribution in [0.3, 0.4) is 0 Å². The molecule has 2 saturated carbocycles. The summed E-state index contributed by atoms with van der Waals surface area (Å²) in [5, 5.41) is 0. The zero-order valence-electron chi connectivity index (χ0n) is 14.0. The summed E-state index contributed by atoms with van der Waals surface area (Å²) in [5.41, 5.74) is 2.18. The van der Waals surface area contributed by atoms with E-state index in [2.05, 4.69) is 39.5 Å². The van der Waals surface area contributed by atoms with Crippen molar-refractivity contribution in [2.45, 2.75) is 65.7 Å². The van der Waals surface area contributed by atoms with Crippen LogP contribution in [0.1, 0.15) is 65.7 Å². The lowest BCUT2D eigenvalue weighted by Crippen LogP contribution is -2.51. The smallest absolute Gasteiger partial charge is 0.126 e. The molecule has 0 radical (unpaired) electrons. The third-order valence-electron chi connectivity index (χ3n) is 7.26. The number of carbonyl (C=O) groups is 1. The first kappa shape index (κ1) is 15.1. The molecule has 3 aliphatic carbocycles. The molecule has 0 amide bonds. The van der Waals surface area contributed by atoms with Crippen LogP contribution < -0.4 is 0 Å². The first-order valence-corrected chi connectivity index (χ1v) is 8.66. The highest BCUT2D eigenvalue weighted by Crippen LogP contribution is 2.63. The zero-order chi connectivity index (χ0) is 15.3. The van der Waals surface area contributed by atoms with Crippen LogP contribution in [0.2, 0.25) is 0 Å². The SMILES string of the molecule is C=C[C@@]1(C)CC[C@H]2C(=CC[C@@H]3[C@]2(C)CCC[C@@]3(C)C=O)C1. The van der Waals surface area contributed by atoms with E-state index in [0.29, 0.717) is 17.3 Å². The molecule has 0 heterocycles. The Labute approximate surface area is 129 Å². The van der Waals surface area contributed by atoms with E-state index in [-0.39, 0.29) is 10.8 Å². The molecule has 0 unspecified atom stereocenters. The van der Waals surface area contributed by atoms with Gasteiger partial charge in [0.2, 0.25) is 0 Å². The third-order valence-corrected chi connectivity index (χ3v) is 7.26. The molecule has 1 nitrogen and oxygen atoms in total. The monoisotopic (exact) mass is 286 g/mol. The van der Waals surface area contributed by atoms with Crippen molar-refractivity contribution in [3.8, 4) is 0 Å². The Kier molecular flexibility index (Phi) is 3.46. The van der Waals surface area contributed by atoms with Crippen LogP contribution in [0.5, 0.6) is 0 Å². The van der Waals surface area contributed by atoms with Gasteiger partial charge in [-0.1, -0.05) is 44.9 Å². The third kappa shape index (κ3) is 2.15. The maximum absolute atomic E-state index is 11.8.